The van der Waals surface area contributed by atoms with Gasteiger partial charge in [-0.15, -0.1) is 0 Å². The van der Waals surface area contributed by atoms with Crippen LogP contribution in [0.2, 0.25) is 0 Å². The number of ether oxygens (including phenoxy) is 1. The van der Waals surface area contributed by atoms with Crippen LogP contribution in [-0.4, -0.2) is 41.7 Å². The molecular weight excluding hydrogens is 278 g/mol. The molecule has 22 heavy (non-hydrogen) atoms. The lowest BCUT2D eigenvalue weighted by Gasteiger charge is -2.22. The maximum atomic E-state index is 12.4. The molecule has 1 aliphatic carbocycles. The molecule has 1 amide bonds. The first-order valence-electron chi connectivity index (χ1n) is 7.86. The SMILES string of the molecule is COc1ccc(/C(C)=C/C(=O)N2CCC(O)(C3CC3)C2)cc1. The summed E-state index contributed by atoms with van der Waals surface area (Å²) in [6.45, 7) is 3.06. The zero-order chi connectivity index (χ0) is 15.7. The van der Waals surface area contributed by atoms with Gasteiger partial charge in [0.15, 0.2) is 0 Å². The quantitative estimate of drug-likeness (QED) is 0.869. The normalized spacial score (nSPS) is 25.4. The fourth-order valence-electron chi connectivity index (χ4n) is 3.17. The summed E-state index contributed by atoms with van der Waals surface area (Å²) in [5, 5.41) is 10.5. The van der Waals surface area contributed by atoms with Gasteiger partial charge in [-0.3, -0.25) is 4.79 Å². The zero-order valence-electron chi connectivity index (χ0n) is 13.2. The fraction of sp³-hybridized carbons (Fsp3) is 0.500. The Morgan fingerprint density at radius 2 is 2.05 bits per heavy atom. The third-order valence-electron chi connectivity index (χ3n) is 4.81. The van der Waals surface area contributed by atoms with Crippen molar-refractivity contribution in [1.82, 2.24) is 4.90 Å². The number of methoxy groups -OCH3 is 1. The van der Waals surface area contributed by atoms with Crippen LogP contribution in [0.3, 0.4) is 0 Å². The summed E-state index contributed by atoms with van der Waals surface area (Å²) in [7, 11) is 1.63. The predicted octanol–water partition coefficient (Wildman–Crippen LogP) is 2.47. The molecule has 0 radical (unpaired) electrons. The van der Waals surface area contributed by atoms with E-state index in [0.29, 0.717) is 25.4 Å². The van der Waals surface area contributed by atoms with E-state index in [9.17, 15) is 9.90 Å². The Hall–Kier alpha value is -1.81. The van der Waals surface area contributed by atoms with Gasteiger partial charge in [0.25, 0.3) is 0 Å². The molecule has 1 unspecified atom stereocenters. The van der Waals surface area contributed by atoms with E-state index in [1.807, 2.05) is 31.2 Å². The lowest BCUT2D eigenvalue weighted by atomic mass is 9.97. The highest BCUT2D eigenvalue weighted by atomic mass is 16.5. The number of allylic oxidation sites excluding steroid dienone is 1. The van der Waals surface area contributed by atoms with Crippen molar-refractivity contribution in [3.63, 3.8) is 0 Å². The summed E-state index contributed by atoms with van der Waals surface area (Å²) in [5.41, 5.74) is 1.29. The molecule has 1 aromatic rings. The molecular formula is C18H23NO3. The van der Waals surface area contributed by atoms with Crippen molar-refractivity contribution in [2.45, 2.75) is 31.8 Å². The summed E-state index contributed by atoms with van der Waals surface area (Å²) in [6.07, 6.45) is 4.57. The van der Waals surface area contributed by atoms with Gasteiger partial charge in [0.1, 0.15) is 5.75 Å². The predicted molar refractivity (Wildman–Crippen MR) is 85.5 cm³/mol. The summed E-state index contributed by atoms with van der Waals surface area (Å²) < 4.78 is 5.14. The van der Waals surface area contributed by atoms with Crippen molar-refractivity contribution in [1.29, 1.82) is 0 Å². The molecule has 2 aliphatic rings. The molecule has 2 fully saturated rings. The minimum absolute atomic E-state index is 0.00936. The standard InChI is InChI=1S/C18H23NO3/c1-13(14-3-7-16(22-2)8-4-14)11-17(20)19-10-9-18(21,12-19)15-5-6-15/h3-4,7-8,11,15,21H,5-6,9-10,12H2,1-2H3/b13-11+. The zero-order valence-corrected chi connectivity index (χ0v) is 13.2. The number of amides is 1. The molecule has 1 aliphatic heterocycles. The lowest BCUT2D eigenvalue weighted by molar-refractivity contribution is -0.126. The number of hydrogen-bond donors (Lipinski definition) is 1. The maximum absolute atomic E-state index is 12.4. The Morgan fingerprint density at radius 1 is 1.36 bits per heavy atom. The minimum atomic E-state index is -0.641. The summed E-state index contributed by atoms with van der Waals surface area (Å²) in [5.74, 6) is 1.19. The number of benzene rings is 1. The van der Waals surface area contributed by atoms with E-state index >= 15 is 0 Å². The Morgan fingerprint density at radius 3 is 2.64 bits per heavy atom. The number of β-amino-alcohol motifs (C(OH)–C–C–N with tert-alkyl or cyclic N) is 1. The van der Waals surface area contributed by atoms with Crippen molar-refractivity contribution in [3.8, 4) is 5.75 Å². The van der Waals surface area contributed by atoms with Gasteiger partial charge < -0.3 is 14.7 Å². The number of hydrogen-bond acceptors (Lipinski definition) is 3. The smallest absolute Gasteiger partial charge is 0.246 e. The topological polar surface area (TPSA) is 49.8 Å². The number of nitrogens with zero attached hydrogens (tertiary/aromatic N) is 1. The maximum Gasteiger partial charge on any atom is 0.246 e. The van der Waals surface area contributed by atoms with Crippen LogP contribution in [0.1, 0.15) is 31.7 Å². The summed E-state index contributed by atoms with van der Waals surface area (Å²) >= 11 is 0. The first-order valence-corrected chi connectivity index (χ1v) is 7.86. The van der Waals surface area contributed by atoms with Crippen molar-refractivity contribution in [2.24, 2.45) is 5.92 Å². The monoisotopic (exact) mass is 301 g/mol. The number of likely N-dealkylation sites (tertiary alicyclic amines) is 1. The van der Waals surface area contributed by atoms with Gasteiger partial charge in [0, 0.05) is 12.6 Å². The van der Waals surface area contributed by atoms with Gasteiger partial charge in [-0.1, -0.05) is 12.1 Å². The van der Waals surface area contributed by atoms with Gasteiger partial charge in [-0.2, -0.15) is 0 Å². The van der Waals surface area contributed by atoms with E-state index < -0.39 is 5.60 Å². The molecule has 0 aromatic heterocycles. The van der Waals surface area contributed by atoms with E-state index in [2.05, 4.69) is 0 Å². The van der Waals surface area contributed by atoms with Gasteiger partial charge in [-0.05, 0) is 55.4 Å². The first kappa shape index (κ1) is 15.1. The second-order valence-corrected chi connectivity index (χ2v) is 6.44. The van der Waals surface area contributed by atoms with Crippen LogP contribution in [0.15, 0.2) is 30.3 Å². The average Bonchev–Trinajstić information content (AvgIpc) is 3.31. The highest BCUT2D eigenvalue weighted by Gasteiger charge is 2.48. The molecule has 1 atom stereocenters. The highest BCUT2D eigenvalue weighted by molar-refractivity contribution is 5.95. The van der Waals surface area contributed by atoms with Crippen molar-refractivity contribution in [2.75, 3.05) is 20.2 Å². The fourth-order valence-corrected chi connectivity index (χ4v) is 3.17. The Labute approximate surface area is 131 Å². The van der Waals surface area contributed by atoms with Gasteiger partial charge in [0.05, 0.1) is 19.3 Å². The minimum Gasteiger partial charge on any atom is -0.497 e. The molecule has 1 heterocycles. The molecule has 1 saturated heterocycles. The van der Waals surface area contributed by atoms with E-state index in [1.54, 1.807) is 18.1 Å². The molecule has 0 spiro atoms. The van der Waals surface area contributed by atoms with Gasteiger partial charge in [0.2, 0.25) is 5.91 Å². The number of rotatable bonds is 4. The molecule has 3 rings (SSSR count). The van der Waals surface area contributed by atoms with E-state index in [0.717, 1.165) is 29.7 Å². The molecule has 0 bridgehead atoms. The van der Waals surface area contributed by atoms with Crippen molar-refractivity contribution < 1.29 is 14.6 Å². The van der Waals surface area contributed by atoms with Crippen LogP contribution in [-0.2, 0) is 4.79 Å². The largest absolute Gasteiger partial charge is 0.497 e. The number of carbonyl (C=O) groups excluding carboxylic acids is 1. The highest BCUT2D eigenvalue weighted by Crippen LogP contribution is 2.44. The lowest BCUT2D eigenvalue weighted by Crippen LogP contribution is -2.37. The second kappa shape index (κ2) is 5.76. The van der Waals surface area contributed by atoms with Crippen LogP contribution in [0.4, 0.5) is 0 Å². The van der Waals surface area contributed by atoms with Crippen LogP contribution in [0.25, 0.3) is 5.57 Å². The summed E-state index contributed by atoms with van der Waals surface area (Å²) in [6, 6.07) is 7.67. The number of carbonyl (C=O) groups is 1. The Bertz CT molecular complexity index is 589. The molecule has 1 aromatic carbocycles. The average molecular weight is 301 g/mol. The number of aliphatic hydroxyl groups is 1. The molecule has 4 heteroatoms. The van der Waals surface area contributed by atoms with Crippen molar-refractivity contribution >= 4 is 11.5 Å². The van der Waals surface area contributed by atoms with E-state index in [-0.39, 0.29) is 5.91 Å². The molecule has 1 N–H and O–H groups in total. The van der Waals surface area contributed by atoms with Crippen LogP contribution in [0, 0.1) is 5.92 Å². The molecule has 4 nitrogen and oxygen atoms in total. The van der Waals surface area contributed by atoms with Crippen LogP contribution < -0.4 is 4.74 Å². The third-order valence-corrected chi connectivity index (χ3v) is 4.81. The molecule has 118 valence electrons. The van der Waals surface area contributed by atoms with Crippen LogP contribution >= 0.6 is 0 Å². The van der Waals surface area contributed by atoms with Gasteiger partial charge in [-0.25, -0.2) is 0 Å². The van der Waals surface area contributed by atoms with Crippen molar-refractivity contribution in [3.05, 3.63) is 35.9 Å². The molecule has 1 saturated carbocycles. The van der Waals surface area contributed by atoms with E-state index in [4.69, 9.17) is 4.74 Å². The van der Waals surface area contributed by atoms with E-state index in [1.165, 1.54) is 0 Å². The van der Waals surface area contributed by atoms with Gasteiger partial charge >= 0.3 is 0 Å². The summed E-state index contributed by atoms with van der Waals surface area (Å²) in [4.78, 5) is 14.2. The Kier molecular flexibility index (Phi) is 3.96. The second-order valence-electron chi connectivity index (χ2n) is 6.44. The first-order chi connectivity index (χ1) is 10.5. The van der Waals surface area contributed by atoms with Crippen LogP contribution in [0.5, 0.6) is 5.75 Å². The third kappa shape index (κ3) is 3.02. The Balaban J connectivity index is 1.67.